The van der Waals surface area contributed by atoms with E-state index < -0.39 is 0 Å². The quantitative estimate of drug-likeness (QED) is 0.108. The Hall–Kier alpha value is -5.61. The molecule has 0 amide bonds. The average molecular weight is 632 g/mol. The van der Waals surface area contributed by atoms with Crippen molar-refractivity contribution in [2.45, 2.75) is 46.0 Å². The predicted molar refractivity (Wildman–Crippen MR) is 197 cm³/mol. The number of rotatable bonds is 12. The highest BCUT2D eigenvalue weighted by atomic mass is 16.5. The molecule has 6 aromatic rings. The number of phenolic OH excluding ortho intramolecular Hbond substituents is 1. The van der Waals surface area contributed by atoms with Crippen LogP contribution < -0.4 is 9.64 Å². The Morgan fingerprint density at radius 2 is 0.833 bits per heavy atom. The molecule has 6 rings (SSSR count). The number of hydrogen-bond donors (Lipinski definition) is 1. The van der Waals surface area contributed by atoms with Gasteiger partial charge in [0, 0.05) is 24.0 Å². The van der Waals surface area contributed by atoms with Crippen molar-refractivity contribution >= 4 is 23.0 Å². The summed E-state index contributed by atoms with van der Waals surface area (Å²) < 4.78 is 5.17. The van der Waals surface area contributed by atoms with E-state index in [-0.39, 0.29) is 5.97 Å². The van der Waals surface area contributed by atoms with Crippen LogP contribution >= 0.6 is 0 Å². The third-order valence-corrected chi connectivity index (χ3v) is 8.74. The molecule has 240 valence electrons. The van der Waals surface area contributed by atoms with E-state index in [1.807, 2.05) is 36.4 Å². The lowest BCUT2D eigenvalue weighted by Gasteiger charge is -2.26. The van der Waals surface area contributed by atoms with Gasteiger partial charge in [0.25, 0.3) is 0 Å². The fraction of sp³-hybridized carbons (Fsp3) is 0.159. The number of aryl methyl sites for hydroxylation is 5. The lowest BCUT2D eigenvalue weighted by molar-refractivity contribution is -0.131. The number of hydrogen-bond acceptors (Lipinski definition) is 4. The van der Waals surface area contributed by atoms with Crippen molar-refractivity contribution in [3.63, 3.8) is 0 Å². The molecule has 0 bridgehead atoms. The summed E-state index contributed by atoms with van der Waals surface area (Å²) >= 11 is 0. The van der Waals surface area contributed by atoms with E-state index in [4.69, 9.17) is 4.74 Å². The summed E-state index contributed by atoms with van der Waals surface area (Å²) in [5.41, 5.74) is 12.0. The molecule has 4 nitrogen and oxygen atoms in total. The van der Waals surface area contributed by atoms with Gasteiger partial charge in [-0.25, -0.2) is 0 Å². The Labute approximate surface area is 283 Å². The van der Waals surface area contributed by atoms with Gasteiger partial charge in [0.05, 0.1) is 0 Å². The average Bonchev–Trinajstić information content (AvgIpc) is 3.12. The van der Waals surface area contributed by atoms with Crippen molar-refractivity contribution < 1.29 is 14.6 Å². The Morgan fingerprint density at radius 1 is 0.500 bits per heavy atom. The largest absolute Gasteiger partial charge is 0.508 e. The first-order chi connectivity index (χ1) is 23.4. The standard InChI is InChI=1S/C44H41NO3/c1-3-33-8-18-38(19-9-33)39-20-26-42(27-21-39)45(40-22-10-34(11-23-40)4-6-36-14-28-43(47)29-15-36)41-24-12-35(13-25-41)5-7-37-16-30-44(31-17-37)48-32(2)46/h8-31,47H,3-7H2,1-2H3. The summed E-state index contributed by atoms with van der Waals surface area (Å²) in [5, 5.41) is 9.61. The lowest BCUT2D eigenvalue weighted by Crippen LogP contribution is -2.10. The molecule has 0 aliphatic carbocycles. The lowest BCUT2D eigenvalue weighted by atomic mass is 10.0. The first kappa shape index (κ1) is 32.3. The maximum atomic E-state index is 11.2. The number of carbonyl (C=O) groups excluding carboxylic acids is 1. The summed E-state index contributed by atoms with van der Waals surface area (Å²) in [7, 11) is 0. The van der Waals surface area contributed by atoms with Crippen LogP contribution in [0.3, 0.4) is 0 Å². The number of ether oxygens (including phenoxy) is 1. The molecule has 0 aliphatic rings. The van der Waals surface area contributed by atoms with E-state index in [0.717, 1.165) is 49.2 Å². The van der Waals surface area contributed by atoms with Gasteiger partial charge in [-0.15, -0.1) is 0 Å². The van der Waals surface area contributed by atoms with Gasteiger partial charge >= 0.3 is 5.97 Å². The number of esters is 1. The van der Waals surface area contributed by atoms with Crippen molar-refractivity contribution in [2.75, 3.05) is 4.90 Å². The van der Waals surface area contributed by atoms with Crippen LogP contribution in [-0.4, -0.2) is 11.1 Å². The summed E-state index contributed by atoms with van der Waals surface area (Å²) in [5.74, 6) is 0.561. The Bertz CT molecular complexity index is 1910. The minimum Gasteiger partial charge on any atom is -0.508 e. The normalized spacial score (nSPS) is 10.9. The molecular weight excluding hydrogens is 590 g/mol. The van der Waals surface area contributed by atoms with Crippen LogP contribution in [0.5, 0.6) is 11.5 Å². The van der Waals surface area contributed by atoms with Gasteiger partial charge in [-0.05, 0) is 132 Å². The zero-order chi connectivity index (χ0) is 33.3. The van der Waals surface area contributed by atoms with Gasteiger partial charge in [0.2, 0.25) is 0 Å². The number of anilines is 3. The van der Waals surface area contributed by atoms with Gasteiger partial charge in [-0.2, -0.15) is 0 Å². The smallest absolute Gasteiger partial charge is 0.308 e. The first-order valence-electron chi connectivity index (χ1n) is 16.7. The number of benzene rings is 6. The molecule has 0 aromatic heterocycles. The molecule has 0 unspecified atom stereocenters. The number of nitrogens with zero attached hydrogens (tertiary/aromatic N) is 1. The zero-order valence-corrected chi connectivity index (χ0v) is 27.6. The van der Waals surface area contributed by atoms with Gasteiger partial charge < -0.3 is 14.7 Å². The zero-order valence-electron chi connectivity index (χ0n) is 27.6. The number of carbonyl (C=O) groups is 1. The maximum absolute atomic E-state index is 11.2. The maximum Gasteiger partial charge on any atom is 0.308 e. The van der Waals surface area contributed by atoms with Crippen LogP contribution in [0.1, 0.15) is 41.7 Å². The van der Waals surface area contributed by atoms with Crippen LogP contribution in [-0.2, 0) is 36.9 Å². The molecule has 0 atom stereocenters. The minimum atomic E-state index is -0.309. The van der Waals surface area contributed by atoms with E-state index in [1.165, 1.54) is 45.9 Å². The highest BCUT2D eigenvalue weighted by Gasteiger charge is 2.13. The summed E-state index contributed by atoms with van der Waals surface area (Å²) in [6, 6.07) is 50.5. The second kappa shape index (κ2) is 15.3. The monoisotopic (exact) mass is 631 g/mol. The molecule has 0 fully saturated rings. The van der Waals surface area contributed by atoms with Gasteiger partial charge in [0.1, 0.15) is 11.5 Å². The van der Waals surface area contributed by atoms with E-state index in [2.05, 4.69) is 109 Å². The summed E-state index contributed by atoms with van der Waals surface area (Å²) in [6.07, 6.45) is 4.69. The molecule has 48 heavy (non-hydrogen) atoms. The molecule has 0 heterocycles. The first-order valence-corrected chi connectivity index (χ1v) is 16.7. The molecule has 4 heteroatoms. The van der Waals surface area contributed by atoms with Crippen LogP contribution in [0.15, 0.2) is 146 Å². The minimum absolute atomic E-state index is 0.297. The fourth-order valence-corrected chi connectivity index (χ4v) is 5.94. The molecule has 0 radical (unpaired) electrons. The SMILES string of the molecule is CCc1ccc(-c2ccc(N(c3ccc(CCc4ccc(O)cc4)cc3)c3ccc(CCc4ccc(OC(C)=O)cc4)cc3)cc2)cc1. The van der Waals surface area contributed by atoms with Gasteiger partial charge in [-0.3, -0.25) is 4.79 Å². The highest BCUT2D eigenvalue weighted by Crippen LogP contribution is 2.36. The van der Waals surface area contributed by atoms with Gasteiger partial charge in [-0.1, -0.05) is 91.9 Å². The molecule has 0 spiro atoms. The highest BCUT2D eigenvalue weighted by molar-refractivity contribution is 5.78. The molecule has 0 saturated heterocycles. The van der Waals surface area contributed by atoms with Crippen LogP contribution in [0.25, 0.3) is 11.1 Å². The summed E-state index contributed by atoms with van der Waals surface area (Å²) in [6.45, 7) is 3.59. The summed E-state index contributed by atoms with van der Waals surface area (Å²) in [4.78, 5) is 13.5. The fourth-order valence-electron chi connectivity index (χ4n) is 5.94. The van der Waals surface area contributed by atoms with Crippen molar-refractivity contribution in [3.05, 3.63) is 173 Å². The second-order valence-corrected chi connectivity index (χ2v) is 12.2. The molecular formula is C44H41NO3. The molecule has 1 N–H and O–H groups in total. The second-order valence-electron chi connectivity index (χ2n) is 12.2. The van der Waals surface area contributed by atoms with Gasteiger partial charge in [0.15, 0.2) is 0 Å². The van der Waals surface area contributed by atoms with E-state index in [0.29, 0.717) is 11.5 Å². The number of aromatic hydroxyl groups is 1. The topological polar surface area (TPSA) is 49.8 Å². The Balaban J connectivity index is 1.21. The van der Waals surface area contributed by atoms with Crippen molar-refractivity contribution in [1.82, 2.24) is 0 Å². The third kappa shape index (κ3) is 8.40. The van der Waals surface area contributed by atoms with Crippen LogP contribution in [0.4, 0.5) is 17.1 Å². The Morgan fingerprint density at radius 3 is 1.23 bits per heavy atom. The van der Waals surface area contributed by atoms with Crippen molar-refractivity contribution in [3.8, 4) is 22.6 Å². The third-order valence-electron chi connectivity index (χ3n) is 8.74. The Kier molecular flexibility index (Phi) is 10.3. The van der Waals surface area contributed by atoms with Crippen molar-refractivity contribution in [2.24, 2.45) is 0 Å². The molecule has 0 saturated carbocycles. The van der Waals surface area contributed by atoms with Crippen molar-refractivity contribution in [1.29, 1.82) is 0 Å². The van der Waals surface area contributed by atoms with E-state index >= 15 is 0 Å². The molecule has 6 aromatic carbocycles. The predicted octanol–water partition coefficient (Wildman–Crippen LogP) is 10.6. The van der Waals surface area contributed by atoms with E-state index in [9.17, 15) is 9.90 Å². The van der Waals surface area contributed by atoms with Crippen LogP contribution in [0.2, 0.25) is 0 Å². The number of phenols is 1. The molecule has 0 aliphatic heterocycles. The van der Waals surface area contributed by atoms with E-state index in [1.54, 1.807) is 12.1 Å². The van der Waals surface area contributed by atoms with Crippen LogP contribution in [0, 0.1) is 0 Å².